The first kappa shape index (κ1) is 16.1. The first-order valence-electron chi connectivity index (χ1n) is 7.74. The van der Waals surface area contributed by atoms with E-state index >= 15 is 0 Å². The zero-order valence-electron chi connectivity index (χ0n) is 13.5. The van der Waals surface area contributed by atoms with E-state index in [2.05, 4.69) is 16.7 Å². The molecule has 2 heterocycles. The second-order valence-electron chi connectivity index (χ2n) is 6.14. The Kier molecular flexibility index (Phi) is 4.46. The number of carbonyl (C=O) groups excluding carboxylic acids is 2. The predicted octanol–water partition coefficient (Wildman–Crippen LogP) is 1.62. The number of hydrogen-bond acceptors (Lipinski definition) is 4. The van der Waals surface area contributed by atoms with Gasteiger partial charge in [-0.25, -0.2) is 9.69 Å². The van der Waals surface area contributed by atoms with Crippen molar-refractivity contribution in [1.29, 1.82) is 0 Å². The topological polar surface area (TPSA) is 47.1 Å². The number of nitrogens with zero attached hydrogens (tertiary/aromatic N) is 4. The average Bonchev–Trinajstić information content (AvgIpc) is 2.77. The van der Waals surface area contributed by atoms with Crippen molar-refractivity contribution in [2.45, 2.75) is 6.92 Å². The van der Waals surface area contributed by atoms with E-state index in [4.69, 9.17) is 11.6 Å². The van der Waals surface area contributed by atoms with Crippen molar-refractivity contribution in [1.82, 2.24) is 14.7 Å². The van der Waals surface area contributed by atoms with Gasteiger partial charge in [0.15, 0.2) is 0 Å². The summed E-state index contributed by atoms with van der Waals surface area (Å²) in [7, 11) is 1.65. The minimum absolute atomic E-state index is 0.120. The molecule has 2 fully saturated rings. The van der Waals surface area contributed by atoms with Gasteiger partial charge < -0.3 is 9.80 Å². The summed E-state index contributed by atoms with van der Waals surface area (Å²) < 4.78 is 0. The van der Waals surface area contributed by atoms with Crippen LogP contribution in [0.3, 0.4) is 0 Å². The molecule has 7 heteroatoms. The Labute approximate surface area is 141 Å². The highest BCUT2D eigenvalue weighted by Gasteiger charge is 2.35. The molecule has 23 heavy (non-hydrogen) atoms. The van der Waals surface area contributed by atoms with Crippen LogP contribution in [-0.2, 0) is 4.79 Å². The molecule has 0 radical (unpaired) electrons. The van der Waals surface area contributed by atoms with Crippen molar-refractivity contribution in [2.24, 2.45) is 0 Å². The summed E-state index contributed by atoms with van der Waals surface area (Å²) in [6, 6.07) is 5.72. The molecule has 2 saturated heterocycles. The van der Waals surface area contributed by atoms with Gasteiger partial charge in [-0.15, -0.1) is 0 Å². The lowest BCUT2D eigenvalue weighted by Gasteiger charge is -2.37. The molecule has 3 amide bonds. The van der Waals surface area contributed by atoms with Gasteiger partial charge in [0.05, 0.1) is 6.67 Å². The average molecular weight is 337 g/mol. The van der Waals surface area contributed by atoms with Crippen LogP contribution in [0.1, 0.15) is 5.56 Å². The van der Waals surface area contributed by atoms with Gasteiger partial charge in [0, 0.05) is 43.9 Å². The molecule has 0 saturated carbocycles. The van der Waals surface area contributed by atoms with Crippen LogP contribution in [0.5, 0.6) is 0 Å². The normalized spacial score (nSPS) is 19.9. The number of anilines is 1. The summed E-state index contributed by atoms with van der Waals surface area (Å²) in [5.41, 5.74) is 2.36. The Balaban J connectivity index is 1.59. The Morgan fingerprint density at radius 2 is 1.83 bits per heavy atom. The Hall–Kier alpha value is -1.79. The standard InChI is InChI=1S/C16H21ClN4O2/c1-12-3-4-13(17)9-14(12)20-7-5-19(6-8-20)11-21-15(22)10-18(2)16(21)23/h3-4,9H,5-8,10-11H2,1-2H3. The van der Waals surface area contributed by atoms with E-state index in [0.29, 0.717) is 6.67 Å². The number of aryl methyl sites for hydroxylation is 1. The van der Waals surface area contributed by atoms with Crippen molar-refractivity contribution in [3.8, 4) is 0 Å². The molecule has 0 aromatic heterocycles. The molecule has 0 spiro atoms. The van der Waals surface area contributed by atoms with E-state index in [1.807, 2.05) is 18.2 Å². The van der Waals surface area contributed by atoms with Gasteiger partial charge in [0.2, 0.25) is 0 Å². The maximum absolute atomic E-state index is 11.9. The van der Waals surface area contributed by atoms with E-state index in [9.17, 15) is 9.59 Å². The number of halogens is 1. The third-order valence-electron chi connectivity index (χ3n) is 4.46. The molecule has 2 aliphatic heterocycles. The quantitative estimate of drug-likeness (QED) is 0.787. The van der Waals surface area contributed by atoms with Gasteiger partial charge in [-0.05, 0) is 24.6 Å². The Bertz CT molecular complexity index is 629. The zero-order valence-corrected chi connectivity index (χ0v) is 14.2. The first-order valence-corrected chi connectivity index (χ1v) is 8.12. The number of likely N-dealkylation sites (N-methyl/N-ethyl adjacent to an activating group) is 1. The van der Waals surface area contributed by atoms with Gasteiger partial charge in [-0.2, -0.15) is 0 Å². The molecule has 6 nitrogen and oxygen atoms in total. The lowest BCUT2D eigenvalue weighted by atomic mass is 10.1. The van der Waals surface area contributed by atoms with E-state index in [-0.39, 0.29) is 18.5 Å². The summed E-state index contributed by atoms with van der Waals surface area (Å²) in [4.78, 5) is 31.0. The van der Waals surface area contributed by atoms with Crippen LogP contribution in [0.2, 0.25) is 5.02 Å². The maximum atomic E-state index is 11.9. The van der Waals surface area contributed by atoms with Crippen molar-refractivity contribution >= 4 is 29.2 Å². The molecule has 0 bridgehead atoms. The SMILES string of the molecule is Cc1ccc(Cl)cc1N1CCN(CN2C(=O)CN(C)C2=O)CC1. The number of carbonyl (C=O) groups is 2. The molecule has 0 unspecified atom stereocenters. The number of amides is 3. The van der Waals surface area contributed by atoms with Crippen LogP contribution >= 0.6 is 11.6 Å². The van der Waals surface area contributed by atoms with Crippen molar-refractivity contribution in [3.05, 3.63) is 28.8 Å². The van der Waals surface area contributed by atoms with E-state index in [0.717, 1.165) is 36.9 Å². The van der Waals surface area contributed by atoms with E-state index in [1.165, 1.54) is 15.4 Å². The number of urea groups is 1. The predicted molar refractivity (Wildman–Crippen MR) is 89.7 cm³/mol. The Morgan fingerprint density at radius 1 is 1.13 bits per heavy atom. The van der Waals surface area contributed by atoms with Gasteiger partial charge in [0.25, 0.3) is 5.91 Å². The van der Waals surface area contributed by atoms with E-state index in [1.54, 1.807) is 7.05 Å². The molecule has 2 aliphatic rings. The van der Waals surface area contributed by atoms with Crippen molar-refractivity contribution in [3.63, 3.8) is 0 Å². The van der Waals surface area contributed by atoms with E-state index < -0.39 is 0 Å². The highest BCUT2D eigenvalue weighted by Crippen LogP contribution is 2.25. The highest BCUT2D eigenvalue weighted by atomic mass is 35.5. The summed E-state index contributed by atoms with van der Waals surface area (Å²) in [6.45, 7) is 5.97. The molecule has 1 aromatic carbocycles. The molecule has 124 valence electrons. The van der Waals surface area contributed by atoms with Gasteiger partial charge in [-0.1, -0.05) is 17.7 Å². The fraction of sp³-hybridized carbons (Fsp3) is 0.500. The maximum Gasteiger partial charge on any atom is 0.328 e. The minimum atomic E-state index is -0.205. The molecular formula is C16H21ClN4O2. The summed E-state index contributed by atoms with van der Waals surface area (Å²) in [5, 5.41) is 0.740. The lowest BCUT2D eigenvalue weighted by Crippen LogP contribution is -2.51. The molecular weight excluding hydrogens is 316 g/mol. The van der Waals surface area contributed by atoms with Crippen LogP contribution in [0.25, 0.3) is 0 Å². The monoisotopic (exact) mass is 336 g/mol. The van der Waals surface area contributed by atoms with Crippen molar-refractivity contribution in [2.75, 3.05) is 51.3 Å². The zero-order chi connectivity index (χ0) is 16.6. The number of hydrogen-bond donors (Lipinski definition) is 0. The number of piperazine rings is 1. The first-order chi connectivity index (χ1) is 11.0. The number of imide groups is 1. The molecule has 0 atom stereocenters. The fourth-order valence-corrected chi connectivity index (χ4v) is 3.23. The third-order valence-corrected chi connectivity index (χ3v) is 4.69. The third kappa shape index (κ3) is 3.28. The molecule has 0 N–H and O–H groups in total. The molecule has 1 aromatic rings. The smallest absolute Gasteiger partial charge is 0.328 e. The van der Waals surface area contributed by atoms with Gasteiger partial charge in [-0.3, -0.25) is 9.69 Å². The van der Waals surface area contributed by atoms with Crippen LogP contribution < -0.4 is 4.90 Å². The molecule has 0 aliphatic carbocycles. The number of rotatable bonds is 3. The van der Waals surface area contributed by atoms with Crippen LogP contribution in [0, 0.1) is 6.92 Å². The van der Waals surface area contributed by atoms with Gasteiger partial charge in [0.1, 0.15) is 6.54 Å². The van der Waals surface area contributed by atoms with Crippen LogP contribution in [0.4, 0.5) is 10.5 Å². The lowest BCUT2D eigenvalue weighted by molar-refractivity contribution is -0.126. The minimum Gasteiger partial charge on any atom is -0.369 e. The second-order valence-corrected chi connectivity index (χ2v) is 6.57. The molecule has 3 rings (SSSR count). The van der Waals surface area contributed by atoms with Crippen LogP contribution in [-0.4, -0.2) is 73.1 Å². The second kappa shape index (κ2) is 6.37. The highest BCUT2D eigenvalue weighted by molar-refractivity contribution is 6.30. The number of benzene rings is 1. The summed E-state index contributed by atoms with van der Waals surface area (Å²) in [6.07, 6.45) is 0. The van der Waals surface area contributed by atoms with Crippen molar-refractivity contribution < 1.29 is 9.59 Å². The summed E-state index contributed by atoms with van der Waals surface area (Å²) in [5.74, 6) is -0.120. The van der Waals surface area contributed by atoms with Crippen LogP contribution in [0.15, 0.2) is 18.2 Å². The fourth-order valence-electron chi connectivity index (χ4n) is 3.06. The summed E-state index contributed by atoms with van der Waals surface area (Å²) >= 11 is 6.10. The Morgan fingerprint density at radius 3 is 2.43 bits per heavy atom. The largest absolute Gasteiger partial charge is 0.369 e. The van der Waals surface area contributed by atoms with Gasteiger partial charge >= 0.3 is 6.03 Å².